The summed E-state index contributed by atoms with van der Waals surface area (Å²) in [5.41, 5.74) is 0. The largest absolute Gasteiger partial charge is 0.339 e. The lowest BCUT2D eigenvalue weighted by Crippen LogP contribution is -1.93. The summed E-state index contributed by atoms with van der Waals surface area (Å²) in [4.78, 5) is 17.9. The van der Waals surface area contributed by atoms with Crippen LogP contribution in [0.15, 0.2) is 25.3 Å². The molecule has 0 aromatic heterocycles. The summed E-state index contributed by atoms with van der Waals surface area (Å²) < 4.78 is 26.2. The smallest absolute Gasteiger partial charge is 0.324 e. The molecular weight excluding hydrogens is 214 g/mol. The summed E-state index contributed by atoms with van der Waals surface area (Å²) in [6.07, 6.45) is 1.59. The molecule has 7 heteroatoms. The Morgan fingerprint density at radius 1 is 1.08 bits per heavy atom. The molecule has 2 atom stereocenters. The maximum atomic E-state index is 11.0. The van der Waals surface area contributed by atoms with Crippen LogP contribution in [-0.4, -0.2) is 22.1 Å². The van der Waals surface area contributed by atoms with E-state index >= 15 is 0 Å². The van der Waals surface area contributed by atoms with Gasteiger partial charge in [-0.25, -0.2) is 4.31 Å². The summed E-state index contributed by atoms with van der Waals surface area (Å²) in [5, 5.41) is 0. The highest BCUT2D eigenvalue weighted by atomic mass is 31.3. The van der Waals surface area contributed by atoms with Crippen molar-refractivity contribution in [2.75, 3.05) is 12.3 Å². The van der Waals surface area contributed by atoms with Crippen molar-refractivity contribution < 1.29 is 23.2 Å². The molecule has 0 heterocycles. The minimum atomic E-state index is -4.02. The third-order valence-corrected chi connectivity index (χ3v) is 4.46. The van der Waals surface area contributed by atoms with Crippen LogP contribution in [0, 0.1) is 0 Å². The van der Waals surface area contributed by atoms with Crippen molar-refractivity contribution in [3.8, 4) is 0 Å². The second-order valence-corrected chi connectivity index (χ2v) is 6.23. The van der Waals surface area contributed by atoms with Crippen molar-refractivity contribution in [1.29, 1.82) is 0 Å². The summed E-state index contributed by atoms with van der Waals surface area (Å²) >= 11 is 0. The summed E-state index contributed by atoms with van der Waals surface area (Å²) in [7, 11) is -8.05. The molecule has 5 nitrogen and oxygen atoms in total. The lowest BCUT2D eigenvalue weighted by atomic mass is 10.8. The van der Waals surface area contributed by atoms with Crippen LogP contribution in [0.3, 0.4) is 0 Å². The second kappa shape index (κ2) is 4.89. The van der Waals surface area contributed by atoms with Crippen LogP contribution in [0.5, 0.6) is 0 Å². The second-order valence-electron chi connectivity index (χ2n) is 2.30. The number of rotatable bonds is 6. The van der Waals surface area contributed by atoms with Crippen LogP contribution >= 0.6 is 15.2 Å². The number of hydrogen-bond acceptors (Lipinski definition) is 3. The molecule has 0 aliphatic carbocycles. The average molecular weight is 226 g/mol. The van der Waals surface area contributed by atoms with Crippen LogP contribution in [0.2, 0.25) is 0 Å². The minimum absolute atomic E-state index is 0.352. The van der Waals surface area contributed by atoms with Crippen molar-refractivity contribution in [3.05, 3.63) is 25.3 Å². The first-order valence-corrected chi connectivity index (χ1v) is 6.92. The van der Waals surface area contributed by atoms with E-state index in [2.05, 4.69) is 17.5 Å². The maximum Gasteiger partial charge on any atom is 0.339 e. The van der Waals surface area contributed by atoms with Gasteiger partial charge in [-0.15, -0.1) is 13.2 Å². The number of hydrogen-bond donors (Lipinski definition) is 2. The molecule has 0 aromatic carbocycles. The standard InChI is InChI=1S/C6H12O5P2/c1-3-5-12(7,8)11-13(9,10)6-4-2/h3-4H,1-2,5-6H2,(H,7,8)(H,9,10). The first-order valence-electron chi connectivity index (χ1n) is 3.40. The predicted molar refractivity (Wildman–Crippen MR) is 50.9 cm³/mol. The zero-order chi connectivity index (χ0) is 10.5. The van der Waals surface area contributed by atoms with E-state index in [0.29, 0.717) is 0 Å². The molecule has 2 N–H and O–H groups in total. The van der Waals surface area contributed by atoms with E-state index in [-0.39, 0.29) is 12.3 Å². The van der Waals surface area contributed by atoms with E-state index in [4.69, 9.17) is 9.79 Å². The topological polar surface area (TPSA) is 83.8 Å². The number of allylic oxidation sites excluding steroid dienone is 2. The summed E-state index contributed by atoms with van der Waals surface area (Å²) in [5.74, 6) is 0. The van der Waals surface area contributed by atoms with Gasteiger partial charge < -0.3 is 9.79 Å². The molecule has 0 fully saturated rings. The van der Waals surface area contributed by atoms with E-state index in [9.17, 15) is 9.13 Å². The van der Waals surface area contributed by atoms with Crippen LogP contribution in [0.1, 0.15) is 0 Å². The monoisotopic (exact) mass is 226 g/mol. The van der Waals surface area contributed by atoms with E-state index in [0.717, 1.165) is 12.2 Å². The van der Waals surface area contributed by atoms with Gasteiger partial charge in [0.25, 0.3) is 0 Å². The van der Waals surface area contributed by atoms with Crippen molar-refractivity contribution in [1.82, 2.24) is 0 Å². The lowest BCUT2D eigenvalue weighted by Gasteiger charge is -2.13. The van der Waals surface area contributed by atoms with Crippen LogP contribution in [0.25, 0.3) is 0 Å². The Bertz CT molecular complexity index is 257. The van der Waals surface area contributed by atoms with Crippen LogP contribution < -0.4 is 0 Å². The Morgan fingerprint density at radius 2 is 1.38 bits per heavy atom. The molecule has 0 aliphatic heterocycles. The Labute approximate surface area is 76.8 Å². The van der Waals surface area contributed by atoms with Gasteiger partial charge in [-0.05, 0) is 0 Å². The average Bonchev–Trinajstić information content (AvgIpc) is 1.82. The zero-order valence-electron chi connectivity index (χ0n) is 7.00. The molecule has 13 heavy (non-hydrogen) atoms. The molecule has 0 bridgehead atoms. The molecule has 0 aromatic rings. The fraction of sp³-hybridized carbons (Fsp3) is 0.333. The Balaban J connectivity index is 4.41. The first-order chi connectivity index (χ1) is 5.83. The van der Waals surface area contributed by atoms with E-state index in [1.54, 1.807) is 0 Å². The molecule has 0 spiro atoms. The van der Waals surface area contributed by atoms with Gasteiger partial charge in [-0.1, -0.05) is 12.2 Å². The van der Waals surface area contributed by atoms with Gasteiger partial charge in [0.05, 0.1) is 12.3 Å². The fourth-order valence-electron chi connectivity index (χ4n) is 0.592. The van der Waals surface area contributed by atoms with E-state index in [1.807, 2.05) is 0 Å². The van der Waals surface area contributed by atoms with Crippen LogP contribution in [0.4, 0.5) is 0 Å². The fourth-order valence-corrected chi connectivity index (χ4v) is 3.37. The van der Waals surface area contributed by atoms with Gasteiger partial charge in [-0.2, -0.15) is 0 Å². The third-order valence-electron chi connectivity index (χ3n) is 0.975. The van der Waals surface area contributed by atoms with Crippen LogP contribution in [-0.2, 0) is 13.4 Å². The van der Waals surface area contributed by atoms with Crippen molar-refractivity contribution >= 4 is 15.2 Å². The highest BCUT2D eigenvalue weighted by molar-refractivity contribution is 7.66. The normalized spacial score (nSPS) is 19.8. The predicted octanol–water partition coefficient (Wildman–Crippen LogP) is 1.75. The molecule has 0 aliphatic rings. The van der Waals surface area contributed by atoms with Crippen molar-refractivity contribution in [2.45, 2.75) is 0 Å². The van der Waals surface area contributed by atoms with Gasteiger partial charge >= 0.3 is 15.2 Å². The van der Waals surface area contributed by atoms with Gasteiger partial charge in [0.2, 0.25) is 0 Å². The highest BCUT2D eigenvalue weighted by Gasteiger charge is 2.29. The van der Waals surface area contributed by atoms with E-state index < -0.39 is 15.2 Å². The Morgan fingerprint density at radius 3 is 1.62 bits per heavy atom. The highest BCUT2D eigenvalue weighted by Crippen LogP contribution is 2.58. The molecule has 0 radical (unpaired) electrons. The van der Waals surface area contributed by atoms with Crippen molar-refractivity contribution in [2.24, 2.45) is 0 Å². The SMILES string of the molecule is C=CCP(=O)(O)OP(=O)(O)CC=C. The molecule has 0 rings (SSSR count). The molecule has 0 saturated carbocycles. The van der Waals surface area contributed by atoms with Gasteiger partial charge in [-0.3, -0.25) is 9.13 Å². The molecule has 76 valence electrons. The summed E-state index contributed by atoms with van der Waals surface area (Å²) in [6, 6.07) is 0. The minimum Gasteiger partial charge on any atom is -0.324 e. The molecular formula is C6H12O5P2. The molecule has 0 amide bonds. The zero-order valence-corrected chi connectivity index (χ0v) is 8.79. The summed E-state index contributed by atoms with van der Waals surface area (Å²) in [6.45, 7) is 6.44. The Hall–Kier alpha value is -0.180. The van der Waals surface area contributed by atoms with Crippen molar-refractivity contribution in [3.63, 3.8) is 0 Å². The first kappa shape index (κ1) is 12.8. The molecule has 2 unspecified atom stereocenters. The Kier molecular flexibility index (Phi) is 4.82. The van der Waals surface area contributed by atoms with Gasteiger partial charge in [0.1, 0.15) is 0 Å². The maximum absolute atomic E-state index is 11.0. The third kappa shape index (κ3) is 5.97. The van der Waals surface area contributed by atoms with Gasteiger partial charge in [0.15, 0.2) is 0 Å². The molecule has 0 saturated heterocycles. The quantitative estimate of drug-likeness (QED) is 0.532. The lowest BCUT2D eigenvalue weighted by molar-refractivity contribution is 0.336. The van der Waals surface area contributed by atoms with Gasteiger partial charge in [0, 0.05) is 0 Å². The van der Waals surface area contributed by atoms with E-state index in [1.165, 1.54) is 0 Å².